The first-order valence-corrected chi connectivity index (χ1v) is 7.24. The lowest BCUT2D eigenvalue weighted by Gasteiger charge is -2.23. The Morgan fingerprint density at radius 2 is 2.12 bits per heavy atom. The summed E-state index contributed by atoms with van der Waals surface area (Å²) in [6.07, 6.45) is 2.17. The van der Waals surface area contributed by atoms with Crippen LogP contribution < -0.4 is 5.73 Å². The van der Waals surface area contributed by atoms with Crippen LogP contribution in [0.25, 0.3) is 0 Å². The van der Waals surface area contributed by atoms with Gasteiger partial charge in [0.2, 0.25) is 0 Å². The molecule has 0 radical (unpaired) electrons. The smallest absolute Gasteiger partial charge is 0.0448 e. The van der Waals surface area contributed by atoms with Crippen molar-refractivity contribution >= 4 is 23.4 Å². The number of thioether (sulfide) groups is 1. The zero-order valence-corrected chi connectivity index (χ0v) is 11.5. The van der Waals surface area contributed by atoms with Gasteiger partial charge in [-0.05, 0) is 36.3 Å². The van der Waals surface area contributed by atoms with Crippen molar-refractivity contribution in [1.29, 1.82) is 0 Å². The van der Waals surface area contributed by atoms with Crippen molar-refractivity contribution in [2.45, 2.75) is 38.0 Å². The molecule has 0 heterocycles. The molecule has 0 amide bonds. The van der Waals surface area contributed by atoms with E-state index >= 15 is 0 Å². The van der Waals surface area contributed by atoms with Gasteiger partial charge in [-0.15, -0.1) is 0 Å². The minimum atomic E-state index is 0.204. The van der Waals surface area contributed by atoms with Crippen LogP contribution in [-0.2, 0) is 0 Å². The SMILES string of the molecule is CCCSC(c1cccc(Cl)c1)C(N)CC. The lowest BCUT2D eigenvalue weighted by molar-refractivity contribution is 0.634. The van der Waals surface area contributed by atoms with Crippen LogP contribution in [-0.4, -0.2) is 11.8 Å². The number of benzene rings is 1. The molecule has 16 heavy (non-hydrogen) atoms. The Hall–Kier alpha value is -0.180. The second kappa shape index (κ2) is 7.21. The van der Waals surface area contributed by atoms with Gasteiger partial charge < -0.3 is 5.73 Å². The minimum Gasteiger partial charge on any atom is -0.326 e. The van der Waals surface area contributed by atoms with Crippen LogP contribution in [0.4, 0.5) is 0 Å². The summed E-state index contributed by atoms with van der Waals surface area (Å²) in [7, 11) is 0. The van der Waals surface area contributed by atoms with E-state index in [1.165, 1.54) is 12.0 Å². The number of hydrogen-bond donors (Lipinski definition) is 1. The first-order valence-electron chi connectivity index (χ1n) is 5.81. The van der Waals surface area contributed by atoms with E-state index in [0.29, 0.717) is 5.25 Å². The van der Waals surface area contributed by atoms with Crippen molar-refractivity contribution in [2.75, 3.05) is 5.75 Å². The first-order chi connectivity index (χ1) is 7.69. The van der Waals surface area contributed by atoms with E-state index in [4.69, 9.17) is 17.3 Å². The molecule has 0 spiro atoms. The second-order valence-electron chi connectivity index (χ2n) is 3.92. The van der Waals surface area contributed by atoms with E-state index in [0.717, 1.165) is 17.2 Å². The average molecular weight is 258 g/mol. The molecule has 0 aliphatic carbocycles. The third-order valence-electron chi connectivity index (χ3n) is 2.54. The van der Waals surface area contributed by atoms with Gasteiger partial charge in [-0.3, -0.25) is 0 Å². The highest BCUT2D eigenvalue weighted by Gasteiger charge is 2.18. The minimum absolute atomic E-state index is 0.204. The summed E-state index contributed by atoms with van der Waals surface area (Å²) in [5, 5.41) is 1.16. The van der Waals surface area contributed by atoms with Gasteiger partial charge in [-0.1, -0.05) is 37.6 Å². The van der Waals surface area contributed by atoms with Crippen molar-refractivity contribution in [3.05, 3.63) is 34.9 Å². The quantitative estimate of drug-likeness (QED) is 0.824. The molecular formula is C13H20ClNS. The summed E-state index contributed by atoms with van der Waals surface area (Å²) < 4.78 is 0. The summed E-state index contributed by atoms with van der Waals surface area (Å²) in [5.41, 5.74) is 7.43. The molecule has 1 rings (SSSR count). The van der Waals surface area contributed by atoms with E-state index in [2.05, 4.69) is 19.9 Å². The Balaban J connectivity index is 2.82. The molecule has 1 aromatic rings. The Kier molecular flexibility index (Phi) is 6.25. The zero-order valence-electron chi connectivity index (χ0n) is 9.95. The van der Waals surface area contributed by atoms with Crippen LogP contribution in [0, 0.1) is 0 Å². The van der Waals surface area contributed by atoms with E-state index in [1.807, 2.05) is 30.0 Å². The molecule has 0 fully saturated rings. The van der Waals surface area contributed by atoms with Gasteiger partial charge in [0.1, 0.15) is 0 Å². The largest absolute Gasteiger partial charge is 0.326 e. The average Bonchev–Trinajstić information content (AvgIpc) is 2.29. The van der Waals surface area contributed by atoms with Crippen molar-refractivity contribution < 1.29 is 0 Å². The predicted octanol–water partition coefficient (Wildman–Crippen LogP) is 4.26. The Labute approximate surface area is 108 Å². The molecule has 0 bridgehead atoms. The molecule has 0 saturated heterocycles. The summed E-state index contributed by atoms with van der Waals surface area (Å²) in [4.78, 5) is 0. The molecule has 2 atom stereocenters. The summed E-state index contributed by atoms with van der Waals surface area (Å²) in [6.45, 7) is 4.33. The third kappa shape index (κ3) is 4.00. The maximum atomic E-state index is 6.18. The van der Waals surface area contributed by atoms with Crippen LogP contribution in [0.2, 0.25) is 5.02 Å². The highest BCUT2D eigenvalue weighted by Crippen LogP contribution is 2.33. The highest BCUT2D eigenvalue weighted by atomic mass is 35.5. The Morgan fingerprint density at radius 3 is 2.69 bits per heavy atom. The number of rotatable bonds is 6. The Morgan fingerprint density at radius 1 is 1.38 bits per heavy atom. The molecule has 0 aromatic heterocycles. The number of halogens is 1. The highest BCUT2D eigenvalue weighted by molar-refractivity contribution is 7.99. The van der Waals surface area contributed by atoms with Crippen molar-refractivity contribution in [1.82, 2.24) is 0 Å². The van der Waals surface area contributed by atoms with Gasteiger partial charge in [0.05, 0.1) is 0 Å². The number of hydrogen-bond acceptors (Lipinski definition) is 2. The van der Waals surface area contributed by atoms with Gasteiger partial charge in [-0.25, -0.2) is 0 Å². The van der Waals surface area contributed by atoms with Crippen molar-refractivity contribution in [3.8, 4) is 0 Å². The topological polar surface area (TPSA) is 26.0 Å². The first kappa shape index (κ1) is 13.9. The fourth-order valence-corrected chi connectivity index (χ4v) is 3.08. The maximum Gasteiger partial charge on any atom is 0.0448 e. The third-order valence-corrected chi connectivity index (χ3v) is 4.40. The number of nitrogens with two attached hydrogens (primary N) is 1. The van der Waals surface area contributed by atoms with Crippen LogP contribution in [0.3, 0.4) is 0 Å². The van der Waals surface area contributed by atoms with Crippen LogP contribution in [0.5, 0.6) is 0 Å². The van der Waals surface area contributed by atoms with Crippen LogP contribution in [0.15, 0.2) is 24.3 Å². The molecule has 2 unspecified atom stereocenters. The molecule has 90 valence electrons. The van der Waals surface area contributed by atoms with E-state index in [1.54, 1.807) is 0 Å². The summed E-state index contributed by atoms with van der Waals surface area (Å²) >= 11 is 7.95. The van der Waals surface area contributed by atoms with Crippen LogP contribution >= 0.6 is 23.4 Å². The van der Waals surface area contributed by atoms with E-state index in [9.17, 15) is 0 Å². The molecular weight excluding hydrogens is 238 g/mol. The molecule has 3 heteroatoms. The zero-order chi connectivity index (χ0) is 12.0. The monoisotopic (exact) mass is 257 g/mol. The summed E-state index contributed by atoms with van der Waals surface area (Å²) in [6, 6.07) is 8.26. The summed E-state index contributed by atoms with van der Waals surface area (Å²) in [5.74, 6) is 1.14. The second-order valence-corrected chi connectivity index (χ2v) is 5.60. The fraction of sp³-hybridized carbons (Fsp3) is 0.538. The van der Waals surface area contributed by atoms with Crippen molar-refractivity contribution in [2.24, 2.45) is 5.73 Å². The van der Waals surface area contributed by atoms with Gasteiger partial charge in [0.25, 0.3) is 0 Å². The molecule has 0 aliphatic rings. The van der Waals surface area contributed by atoms with E-state index in [-0.39, 0.29) is 6.04 Å². The lowest BCUT2D eigenvalue weighted by Crippen LogP contribution is -2.25. The van der Waals surface area contributed by atoms with Gasteiger partial charge in [-0.2, -0.15) is 11.8 Å². The standard InChI is InChI=1S/C13H20ClNS/c1-3-8-16-13(12(15)4-2)10-6-5-7-11(14)9-10/h5-7,9,12-13H,3-4,8,15H2,1-2H3. The van der Waals surface area contributed by atoms with Gasteiger partial charge >= 0.3 is 0 Å². The lowest BCUT2D eigenvalue weighted by atomic mass is 10.0. The fourth-order valence-electron chi connectivity index (χ4n) is 1.61. The van der Waals surface area contributed by atoms with Crippen molar-refractivity contribution in [3.63, 3.8) is 0 Å². The molecule has 0 saturated carbocycles. The maximum absolute atomic E-state index is 6.18. The molecule has 0 aliphatic heterocycles. The van der Waals surface area contributed by atoms with Gasteiger partial charge in [0, 0.05) is 16.3 Å². The van der Waals surface area contributed by atoms with Gasteiger partial charge in [0.15, 0.2) is 0 Å². The Bertz CT molecular complexity index is 317. The molecule has 1 nitrogen and oxygen atoms in total. The van der Waals surface area contributed by atoms with Crippen LogP contribution in [0.1, 0.15) is 37.5 Å². The van der Waals surface area contributed by atoms with E-state index < -0.39 is 0 Å². The normalized spacial score (nSPS) is 14.8. The molecule has 2 N–H and O–H groups in total. The predicted molar refractivity (Wildman–Crippen MR) is 75.2 cm³/mol. The molecule has 1 aromatic carbocycles.